The molecular weight excluding hydrogens is 282 g/mol. The molecule has 1 heterocycles. The Morgan fingerprint density at radius 2 is 1.68 bits per heavy atom. The van der Waals surface area contributed by atoms with E-state index in [1.165, 1.54) is 0 Å². The Hall–Kier alpha value is -1.88. The first-order valence-electron chi connectivity index (χ1n) is 7.73. The van der Waals surface area contributed by atoms with Crippen molar-refractivity contribution in [2.24, 2.45) is 5.41 Å². The summed E-state index contributed by atoms with van der Waals surface area (Å²) in [5.41, 5.74) is -0.0214. The van der Waals surface area contributed by atoms with Crippen LogP contribution in [0.25, 0.3) is 0 Å². The molecule has 2 rings (SSSR count). The molecule has 1 aromatic rings. The number of esters is 2. The molecule has 120 valence electrons. The molecule has 1 fully saturated rings. The van der Waals surface area contributed by atoms with Gasteiger partial charge in [0.15, 0.2) is 5.41 Å². The van der Waals surface area contributed by atoms with Crippen LogP contribution in [0.2, 0.25) is 0 Å². The van der Waals surface area contributed by atoms with Crippen LogP contribution in [-0.2, 0) is 25.6 Å². The second kappa shape index (κ2) is 7.40. The summed E-state index contributed by atoms with van der Waals surface area (Å²) in [7, 11) is 0. The second-order valence-corrected chi connectivity index (χ2v) is 5.47. The highest BCUT2D eigenvalue weighted by molar-refractivity contribution is 6.00. The molecule has 0 saturated carbocycles. The molecule has 1 saturated heterocycles. The third-order valence-corrected chi connectivity index (χ3v) is 3.93. The van der Waals surface area contributed by atoms with Gasteiger partial charge in [0.05, 0.1) is 13.2 Å². The number of ether oxygens (including phenoxy) is 2. The molecule has 5 heteroatoms. The molecule has 0 aromatic heterocycles. The van der Waals surface area contributed by atoms with E-state index in [4.69, 9.17) is 9.47 Å². The molecule has 1 aromatic carbocycles. The Bertz CT molecular complexity index is 497. The minimum absolute atomic E-state index is 0.263. The Kier molecular flexibility index (Phi) is 5.55. The average molecular weight is 305 g/mol. The lowest BCUT2D eigenvalue weighted by Gasteiger charge is -2.25. The van der Waals surface area contributed by atoms with E-state index >= 15 is 0 Å². The molecule has 0 spiro atoms. The van der Waals surface area contributed by atoms with E-state index < -0.39 is 17.4 Å². The minimum Gasteiger partial charge on any atom is -0.465 e. The van der Waals surface area contributed by atoms with E-state index in [9.17, 15) is 9.59 Å². The standard InChI is InChI=1S/C17H23NO4/c1-3-21-15(19)17(16(20)22-4-2)10-11-18(13-17)12-14-8-6-5-7-9-14/h5-9H,3-4,10-13H2,1-2H3. The highest BCUT2D eigenvalue weighted by Gasteiger charge is 2.53. The van der Waals surface area contributed by atoms with Crippen molar-refractivity contribution in [3.63, 3.8) is 0 Å². The van der Waals surface area contributed by atoms with Gasteiger partial charge in [0.25, 0.3) is 0 Å². The van der Waals surface area contributed by atoms with E-state index in [1.807, 2.05) is 30.3 Å². The van der Waals surface area contributed by atoms with Gasteiger partial charge < -0.3 is 9.47 Å². The number of nitrogens with zero attached hydrogens (tertiary/aromatic N) is 1. The van der Waals surface area contributed by atoms with Crippen molar-refractivity contribution in [2.75, 3.05) is 26.3 Å². The van der Waals surface area contributed by atoms with E-state index in [-0.39, 0.29) is 13.2 Å². The van der Waals surface area contributed by atoms with Gasteiger partial charge in [0.1, 0.15) is 0 Å². The highest BCUT2D eigenvalue weighted by atomic mass is 16.6. The molecule has 0 unspecified atom stereocenters. The SMILES string of the molecule is CCOC(=O)C1(C(=O)OCC)CCN(Cc2ccccc2)C1. The van der Waals surface area contributed by atoms with E-state index in [0.717, 1.165) is 5.56 Å². The van der Waals surface area contributed by atoms with Crippen molar-refractivity contribution in [2.45, 2.75) is 26.8 Å². The molecular formula is C17H23NO4. The lowest BCUT2D eigenvalue weighted by molar-refractivity contribution is -0.171. The summed E-state index contributed by atoms with van der Waals surface area (Å²) in [5.74, 6) is -0.937. The number of benzene rings is 1. The first-order chi connectivity index (χ1) is 10.6. The van der Waals surface area contributed by atoms with Gasteiger partial charge in [-0.25, -0.2) is 0 Å². The summed E-state index contributed by atoms with van der Waals surface area (Å²) in [6.45, 7) is 5.74. The summed E-state index contributed by atoms with van der Waals surface area (Å²) in [6.07, 6.45) is 0.442. The van der Waals surface area contributed by atoms with Crippen molar-refractivity contribution in [3.05, 3.63) is 35.9 Å². The molecule has 1 aliphatic heterocycles. The largest absolute Gasteiger partial charge is 0.465 e. The van der Waals surface area contributed by atoms with Crippen LogP contribution in [0.15, 0.2) is 30.3 Å². The van der Waals surface area contributed by atoms with Gasteiger partial charge >= 0.3 is 11.9 Å². The second-order valence-electron chi connectivity index (χ2n) is 5.47. The van der Waals surface area contributed by atoms with Gasteiger partial charge in [0, 0.05) is 19.6 Å². The molecule has 0 amide bonds. The Morgan fingerprint density at radius 1 is 1.09 bits per heavy atom. The summed E-state index contributed by atoms with van der Waals surface area (Å²) in [4.78, 5) is 26.8. The number of likely N-dealkylation sites (tertiary alicyclic amines) is 1. The number of hydrogen-bond donors (Lipinski definition) is 0. The summed E-state index contributed by atoms with van der Waals surface area (Å²) in [5, 5.41) is 0. The molecule has 0 aliphatic carbocycles. The normalized spacial score (nSPS) is 17.2. The highest BCUT2D eigenvalue weighted by Crippen LogP contribution is 2.34. The number of carbonyl (C=O) groups excluding carboxylic acids is 2. The van der Waals surface area contributed by atoms with Crippen molar-refractivity contribution >= 4 is 11.9 Å². The van der Waals surface area contributed by atoms with Crippen LogP contribution >= 0.6 is 0 Å². The number of carbonyl (C=O) groups is 2. The van der Waals surface area contributed by atoms with Crippen LogP contribution in [0.5, 0.6) is 0 Å². The quantitative estimate of drug-likeness (QED) is 0.594. The third kappa shape index (κ3) is 3.47. The van der Waals surface area contributed by atoms with Gasteiger partial charge in [0.2, 0.25) is 0 Å². The zero-order valence-electron chi connectivity index (χ0n) is 13.2. The van der Waals surface area contributed by atoms with Crippen LogP contribution in [-0.4, -0.2) is 43.1 Å². The van der Waals surface area contributed by atoms with Crippen LogP contribution in [0.1, 0.15) is 25.8 Å². The van der Waals surface area contributed by atoms with Gasteiger partial charge in [-0.15, -0.1) is 0 Å². The predicted octanol–water partition coefficient (Wildman–Crippen LogP) is 2.00. The number of rotatable bonds is 6. The first-order valence-corrected chi connectivity index (χ1v) is 7.73. The first kappa shape index (κ1) is 16.5. The topological polar surface area (TPSA) is 55.8 Å². The van der Waals surface area contributed by atoms with Crippen LogP contribution < -0.4 is 0 Å². The van der Waals surface area contributed by atoms with Crippen molar-refractivity contribution in [1.82, 2.24) is 4.90 Å². The fourth-order valence-electron chi connectivity index (χ4n) is 2.82. The van der Waals surface area contributed by atoms with Gasteiger partial charge in [-0.1, -0.05) is 30.3 Å². The van der Waals surface area contributed by atoms with Crippen LogP contribution in [0.3, 0.4) is 0 Å². The smallest absolute Gasteiger partial charge is 0.324 e. The zero-order valence-corrected chi connectivity index (χ0v) is 13.2. The predicted molar refractivity (Wildman–Crippen MR) is 82.0 cm³/mol. The van der Waals surface area contributed by atoms with E-state index in [1.54, 1.807) is 13.8 Å². The molecule has 0 bridgehead atoms. The molecule has 0 radical (unpaired) electrons. The Morgan fingerprint density at radius 3 is 2.23 bits per heavy atom. The lowest BCUT2D eigenvalue weighted by atomic mass is 9.87. The maximum atomic E-state index is 12.3. The Balaban J connectivity index is 2.11. The third-order valence-electron chi connectivity index (χ3n) is 3.93. The van der Waals surface area contributed by atoms with Crippen LogP contribution in [0.4, 0.5) is 0 Å². The zero-order chi connectivity index (χ0) is 16.0. The lowest BCUT2D eigenvalue weighted by Crippen LogP contribution is -2.44. The molecule has 1 aliphatic rings. The molecule has 0 N–H and O–H groups in total. The monoisotopic (exact) mass is 305 g/mol. The van der Waals surface area contributed by atoms with Crippen molar-refractivity contribution in [3.8, 4) is 0 Å². The number of hydrogen-bond acceptors (Lipinski definition) is 5. The van der Waals surface area contributed by atoms with Crippen molar-refractivity contribution in [1.29, 1.82) is 0 Å². The fraction of sp³-hybridized carbons (Fsp3) is 0.529. The summed E-state index contributed by atoms with van der Waals surface area (Å²) >= 11 is 0. The Labute approximate surface area is 131 Å². The van der Waals surface area contributed by atoms with Crippen LogP contribution in [0, 0.1) is 5.41 Å². The van der Waals surface area contributed by atoms with E-state index in [2.05, 4.69) is 4.90 Å². The summed E-state index contributed by atoms with van der Waals surface area (Å²) < 4.78 is 10.3. The van der Waals surface area contributed by atoms with Gasteiger partial charge in [-0.3, -0.25) is 14.5 Å². The maximum Gasteiger partial charge on any atom is 0.324 e. The fourth-order valence-corrected chi connectivity index (χ4v) is 2.82. The average Bonchev–Trinajstić information content (AvgIpc) is 2.94. The van der Waals surface area contributed by atoms with Gasteiger partial charge in [-0.2, -0.15) is 0 Å². The van der Waals surface area contributed by atoms with E-state index in [0.29, 0.717) is 26.1 Å². The summed E-state index contributed by atoms with van der Waals surface area (Å²) in [6, 6.07) is 10.0. The minimum atomic E-state index is -1.18. The molecule has 22 heavy (non-hydrogen) atoms. The van der Waals surface area contributed by atoms with Gasteiger partial charge in [-0.05, 0) is 25.8 Å². The maximum absolute atomic E-state index is 12.3. The molecule has 5 nitrogen and oxygen atoms in total. The molecule has 0 atom stereocenters. The van der Waals surface area contributed by atoms with Crippen molar-refractivity contribution < 1.29 is 19.1 Å².